The van der Waals surface area contributed by atoms with Crippen LogP contribution in [0.1, 0.15) is 6.92 Å². The van der Waals surface area contributed by atoms with Crippen molar-refractivity contribution in [3.05, 3.63) is 25.4 Å². The van der Waals surface area contributed by atoms with Gasteiger partial charge < -0.3 is 5.32 Å². The molecule has 0 bridgehead atoms. The molecule has 0 unspecified atom stereocenters. The third-order valence-corrected chi connectivity index (χ3v) is 1.01. The van der Waals surface area contributed by atoms with Crippen LogP contribution in [0.2, 0.25) is 0 Å². The van der Waals surface area contributed by atoms with Crippen molar-refractivity contribution in [2.24, 2.45) is 4.99 Å². The van der Waals surface area contributed by atoms with Gasteiger partial charge in [-0.2, -0.15) is 0 Å². The summed E-state index contributed by atoms with van der Waals surface area (Å²) in [5.74, 6) is -0.0800. The van der Waals surface area contributed by atoms with Crippen LogP contribution in [0.15, 0.2) is 30.4 Å². The fourth-order valence-electron chi connectivity index (χ4n) is 0.503. The highest BCUT2D eigenvalue weighted by Crippen LogP contribution is 1.79. The first-order valence-electron chi connectivity index (χ1n) is 3.25. The van der Waals surface area contributed by atoms with E-state index in [2.05, 4.69) is 23.5 Å². The normalized spacial score (nSPS) is 10.5. The minimum Gasteiger partial charge on any atom is -0.351 e. The van der Waals surface area contributed by atoms with Crippen LogP contribution in [-0.4, -0.2) is 18.2 Å². The van der Waals surface area contributed by atoms with E-state index in [0.717, 1.165) is 0 Å². The standard InChI is InChI=1S/C8H12N2O/c1-4-8(9-5-2)6-10-7(3)11/h4-5H,1-2,6H2,3H3,(H,10,11). The molecule has 0 radical (unpaired) electrons. The Balaban J connectivity index is 3.88. The van der Waals surface area contributed by atoms with E-state index in [4.69, 9.17) is 0 Å². The first kappa shape index (κ1) is 9.62. The highest BCUT2D eigenvalue weighted by Gasteiger charge is 1.93. The molecule has 0 heterocycles. The van der Waals surface area contributed by atoms with Crippen LogP contribution in [0, 0.1) is 0 Å². The zero-order valence-electron chi connectivity index (χ0n) is 6.63. The molecule has 11 heavy (non-hydrogen) atoms. The van der Waals surface area contributed by atoms with E-state index in [1.54, 1.807) is 6.08 Å². The number of hydrogen-bond donors (Lipinski definition) is 1. The molecule has 3 heteroatoms. The van der Waals surface area contributed by atoms with E-state index in [0.29, 0.717) is 12.3 Å². The summed E-state index contributed by atoms with van der Waals surface area (Å²) in [6.45, 7) is 8.82. The van der Waals surface area contributed by atoms with E-state index in [1.165, 1.54) is 13.1 Å². The molecule has 0 rings (SSSR count). The molecule has 0 fully saturated rings. The lowest BCUT2D eigenvalue weighted by Gasteiger charge is -1.99. The predicted molar refractivity (Wildman–Crippen MR) is 46.5 cm³/mol. The van der Waals surface area contributed by atoms with Gasteiger partial charge in [0.15, 0.2) is 0 Å². The fraction of sp³-hybridized carbons (Fsp3) is 0.250. The molecule has 1 amide bonds. The van der Waals surface area contributed by atoms with E-state index in [9.17, 15) is 4.79 Å². The molecule has 60 valence electrons. The summed E-state index contributed by atoms with van der Waals surface area (Å²) in [5.41, 5.74) is 0.704. The quantitative estimate of drug-likeness (QED) is 0.597. The van der Waals surface area contributed by atoms with Crippen LogP contribution in [0.25, 0.3) is 0 Å². The van der Waals surface area contributed by atoms with Gasteiger partial charge in [0.1, 0.15) is 0 Å². The SMILES string of the molecule is C=CN=C(C=C)CNC(C)=O. The van der Waals surface area contributed by atoms with Crippen LogP contribution < -0.4 is 5.32 Å². The Kier molecular flexibility index (Phi) is 4.73. The van der Waals surface area contributed by atoms with Gasteiger partial charge in [0.25, 0.3) is 0 Å². The maximum atomic E-state index is 10.4. The molecule has 0 aromatic heterocycles. The van der Waals surface area contributed by atoms with Gasteiger partial charge >= 0.3 is 0 Å². The first-order chi connectivity index (χ1) is 5.20. The second kappa shape index (κ2) is 5.41. The van der Waals surface area contributed by atoms with Crippen LogP contribution >= 0.6 is 0 Å². The van der Waals surface area contributed by atoms with Crippen molar-refractivity contribution in [2.75, 3.05) is 6.54 Å². The minimum absolute atomic E-state index is 0.0800. The zero-order chi connectivity index (χ0) is 8.69. The lowest BCUT2D eigenvalue weighted by Crippen LogP contribution is -2.25. The van der Waals surface area contributed by atoms with E-state index in [-0.39, 0.29) is 5.91 Å². The smallest absolute Gasteiger partial charge is 0.217 e. The molecular formula is C8H12N2O. The number of carbonyl (C=O) groups is 1. The highest BCUT2D eigenvalue weighted by atomic mass is 16.1. The Labute approximate surface area is 66.5 Å². The number of hydrogen-bond acceptors (Lipinski definition) is 2. The second-order valence-electron chi connectivity index (χ2n) is 1.92. The van der Waals surface area contributed by atoms with Gasteiger partial charge in [-0.15, -0.1) is 0 Å². The Morgan fingerprint density at radius 3 is 2.64 bits per heavy atom. The Bertz CT molecular complexity index is 194. The average molecular weight is 152 g/mol. The summed E-state index contributed by atoms with van der Waals surface area (Å²) < 4.78 is 0. The summed E-state index contributed by atoms with van der Waals surface area (Å²) in [7, 11) is 0. The summed E-state index contributed by atoms with van der Waals surface area (Å²) in [5, 5.41) is 2.59. The van der Waals surface area contributed by atoms with Gasteiger partial charge in [-0.3, -0.25) is 9.79 Å². The summed E-state index contributed by atoms with van der Waals surface area (Å²) in [6, 6.07) is 0. The molecular weight excluding hydrogens is 140 g/mol. The van der Waals surface area contributed by atoms with Crippen molar-refractivity contribution in [3.8, 4) is 0 Å². The van der Waals surface area contributed by atoms with E-state index >= 15 is 0 Å². The van der Waals surface area contributed by atoms with Gasteiger partial charge in [-0.25, -0.2) is 0 Å². The number of carbonyl (C=O) groups excluding carboxylic acids is 1. The molecule has 0 aliphatic carbocycles. The molecule has 0 atom stereocenters. The highest BCUT2D eigenvalue weighted by molar-refractivity contribution is 5.98. The van der Waals surface area contributed by atoms with Crippen LogP contribution in [-0.2, 0) is 4.79 Å². The zero-order valence-corrected chi connectivity index (χ0v) is 6.63. The maximum Gasteiger partial charge on any atom is 0.217 e. The monoisotopic (exact) mass is 152 g/mol. The lowest BCUT2D eigenvalue weighted by molar-refractivity contribution is -0.118. The van der Waals surface area contributed by atoms with Crippen LogP contribution in [0.3, 0.4) is 0 Å². The van der Waals surface area contributed by atoms with Crippen molar-refractivity contribution in [2.45, 2.75) is 6.92 Å². The Morgan fingerprint density at radius 2 is 2.27 bits per heavy atom. The number of aliphatic imine (C=N–C) groups is 1. The second-order valence-corrected chi connectivity index (χ2v) is 1.92. The molecule has 0 spiro atoms. The summed E-state index contributed by atoms with van der Waals surface area (Å²) >= 11 is 0. The maximum absolute atomic E-state index is 10.4. The molecule has 1 N–H and O–H groups in total. The van der Waals surface area contributed by atoms with Crippen LogP contribution in [0.5, 0.6) is 0 Å². The van der Waals surface area contributed by atoms with Crippen molar-refractivity contribution < 1.29 is 4.79 Å². The van der Waals surface area contributed by atoms with E-state index < -0.39 is 0 Å². The molecule has 0 saturated heterocycles. The average Bonchev–Trinajstić information content (AvgIpc) is 1.97. The van der Waals surface area contributed by atoms with Crippen molar-refractivity contribution in [1.29, 1.82) is 0 Å². The van der Waals surface area contributed by atoms with Crippen LogP contribution in [0.4, 0.5) is 0 Å². The predicted octanol–water partition coefficient (Wildman–Crippen LogP) is 0.893. The third kappa shape index (κ3) is 5.08. The Morgan fingerprint density at radius 1 is 1.64 bits per heavy atom. The first-order valence-corrected chi connectivity index (χ1v) is 3.25. The van der Waals surface area contributed by atoms with Crippen molar-refractivity contribution in [1.82, 2.24) is 5.32 Å². The largest absolute Gasteiger partial charge is 0.351 e. The molecule has 0 aromatic rings. The minimum atomic E-state index is -0.0800. The fourth-order valence-corrected chi connectivity index (χ4v) is 0.503. The van der Waals surface area contributed by atoms with Crippen molar-refractivity contribution in [3.63, 3.8) is 0 Å². The Hall–Kier alpha value is -1.38. The number of rotatable bonds is 4. The summed E-state index contributed by atoms with van der Waals surface area (Å²) in [4.78, 5) is 14.3. The molecule has 0 saturated carbocycles. The van der Waals surface area contributed by atoms with Gasteiger partial charge in [-0.1, -0.05) is 13.2 Å². The van der Waals surface area contributed by atoms with E-state index in [1.807, 2.05) is 0 Å². The number of nitrogens with zero attached hydrogens (tertiary/aromatic N) is 1. The number of amides is 1. The van der Waals surface area contributed by atoms with Crippen molar-refractivity contribution >= 4 is 11.6 Å². The topological polar surface area (TPSA) is 41.5 Å². The molecule has 0 aliphatic rings. The van der Waals surface area contributed by atoms with Gasteiger partial charge in [0, 0.05) is 13.1 Å². The number of nitrogens with one attached hydrogen (secondary N) is 1. The third-order valence-electron chi connectivity index (χ3n) is 1.01. The van der Waals surface area contributed by atoms with Gasteiger partial charge in [-0.05, 0) is 6.08 Å². The summed E-state index contributed by atoms with van der Waals surface area (Å²) in [6.07, 6.45) is 3.00. The lowest BCUT2D eigenvalue weighted by atomic mass is 10.3. The molecule has 0 aromatic carbocycles. The van der Waals surface area contributed by atoms with Gasteiger partial charge in [0.2, 0.25) is 5.91 Å². The molecule has 0 aliphatic heterocycles. The molecule has 3 nitrogen and oxygen atoms in total. The van der Waals surface area contributed by atoms with Gasteiger partial charge in [0.05, 0.1) is 12.3 Å².